The van der Waals surface area contributed by atoms with Crippen molar-refractivity contribution in [3.8, 4) is 11.5 Å². The van der Waals surface area contributed by atoms with E-state index in [4.69, 9.17) is 14.6 Å². The summed E-state index contributed by atoms with van der Waals surface area (Å²) in [5.41, 5.74) is 1.90. The minimum absolute atomic E-state index is 0.181. The number of methoxy groups -OCH3 is 2. The first kappa shape index (κ1) is 20.1. The van der Waals surface area contributed by atoms with Gasteiger partial charge in [0, 0.05) is 29.9 Å². The molecule has 144 valence electrons. The number of rotatable bonds is 8. The van der Waals surface area contributed by atoms with Crippen molar-refractivity contribution in [2.24, 2.45) is 0 Å². The highest BCUT2D eigenvalue weighted by Gasteiger charge is 2.22. The van der Waals surface area contributed by atoms with Gasteiger partial charge in [0.1, 0.15) is 18.0 Å². The van der Waals surface area contributed by atoms with Crippen LogP contribution >= 0.6 is 0 Å². The van der Waals surface area contributed by atoms with E-state index in [1.807, 2.05) is 19.1 Å². The Morgan fingerprint density at radius 2 is 1.89 bits per heavy atom. The molecule has 1 amide bonds. The fourth-order valence-corrected chi connectivity index (χ4v) is 2.69. The van der Waals surface area contributed by atoms with Crippen molar-refractivity contribution in [3.05, 3.63) is 53.6 Å². The number of amides is 1. The van der Waals surface area contributed by atoms with Gasteiger partial charge < -0.3 is 24.8 Å². The average Bonchev–Trinajstić information content (AvgIpc) is 2.70. The molecule has 7 heteroatoms. The summed E-state index contributed by atoms with van der Waals surface area (Å²) in [6.45, 7) is 1.70. The number of aliphatic carboxylic acids is 1. The first-order chi connectivity index (χ1) is 12.9. The Morgan fingerprint density at radius 3 is 2.52 bits per heavy atom. The minimum atomic E-state index is -0.968. The van der Waals surface area contributed by atoms with E-state index in [1.165, 1.54) is 0 Å². The van der Waals surface area contributed by atoms with Crippen molar-refractivity contribution in [3.63, 3.8) is 0 Å². The lowest BCUT2D eigenvalue weighted by Gasteiger charge is -2.27. The van der Waals surface area contributed by atoms with Gasteiger partial charge in [0.15, 0.2) is 0 Å². The zero-order valence-corrected chi connectivity index (χ0v) is 15.9. The molecule has 0 heterocycles. The van der Waals surface area contributed by atoms with Gasteiger partial charge in [-0.25, -0.2) is 0 Å². The lowest BCUT2D eigenvalue weighted by atomic mass is 10.0. The molecule has 0 aliphatic rings. The molecule has 2 N–H and O–H groups in total. The van der Waals surface area contributed by atoms with Crippen molar-refractivity contribution in [2.75, 3.05) is 33.1 Å². The van der Waals surface area contributed by atoms with Crippen LogP contribution in [0.15, 0.2) is 42.5 Å². The van der Waals surface area contributed by atoms with Crippen LogP contribution < -0.4 is 14.8 Å². The number of hydrogen-bond donors (Lipinski definition) is 2. The summed E-state index contributed by atoms with van der Waals surface area (Å²) in [5.74, 6) is 0.163. The summed E-state index contributed by atoms with van der Waals surface area (Å²) < 4.78 is 10.6. The largest absolute Gasteiger partial charge is 0.497 e. The van der Waals surface area contributed by atoms with E-state index in [0.29, 0.717) is 22.7 Å². The van der Waals surface area contributed by atoms with E-state index in [9.17, 15) is 9.59 Å². The predicted octanol–water partition coefficient (Wildman–Crippen LogP) is 3.03. The van der Waals surface area contributed by atoms with Gasteiger partial charge in [-0.1, -0.05) is 6.07 Å². The number of anilines is 1. The highest BCUT2D eigenvalue weighted by atomic mass is 16.5. The molecule has 0 radical (unpaired) electrons. The molecule has 0 saturated heterocycles. The van der Waals surface area contributed by atoms with Crippen LogP contribution in [-0.2, 0) is 4.79 Å². The summed E-state index contributed by atoms with van der Waals surface area (Å²) in [7, 11) is 4.87. The standard InChI is InChI=1S/C20H24N2O5/c1-13(17-9-8-16(26-3)11-18(17)27-4)22(2)20(25)14-6-5-7-15(10-14)21-12-19(23)24/h5-11,13,21H,12H2,1-4H3,(H,23,24). The lowest BCUT2D eigenvalue weighted by molar-refractivity contribution is -0.134. The van der Waals surface area contributed by atoms with Gasteiger partial charge in [-0.05, 0) is 37.3 Å². The molecular weight excluding hydrogens is 348 g/mol. The lowest BCUT2D eigenvalue weighted by Crippen LogP contribution is -2.30. The first-order valence-electron chi connectivity index (χ1n) is 8.42. The van der Waals surface area contributed by atoms with Crippen LogP contribution in [0, 0.1) is 0 Å². The maximum Gasteiger partial charge on any atom is 0.322 e. The summed E-state index contributed by atoms with van der Waals surface area (Å²) in [4.78, 5) is 25.2. The maximum absolute atomic E-state index is 12.9. The molecule has 0 fully saturated rings. The molecule has 0 spiro atoms. The number of nitrogens with one attached hydrogen (secondary N) is 1. The summed E-state index contributed by atoms with van der Waals surface area (Å²) in [6, 6.07) is 12.0. The first-order valence-corrected chi connectivity index (χ1v) is 8.42. The third-order valence-electron chi connectivity index (χ3n) is 4.35. The average molecular weight is 372 g/mol. The number of carboxylic acid groups (broad SMARTS) is 1. The summed E-state index contributed by atoms with van der Waals surface area (Å²) >= 11 is 0. The van der Waals surface area contributed by atoms with Crippen LogP contribution in [0.1, 0.15) is 28.9 Å². The number of ether oxygens (including phenoxy) is 2. The Balaban J connectivity index is 2.21. The van der Waals surface area contributed by atoms with Crippen LogP contribution in [0.5, 0.6) is 11.5 Å². The van der Waals surface area contributed by atoms with Gasteiger partial charge in [-0.3, -0.25) is 9.59 Å². The fraction of sp³-hybridized carbons (Fsp3) is 0.300. The molecule has 0 bridgehead atoms. The van der Waals surface area contributed by atoms with Crippen molar-refractivity contribution in [2.45, 2.75) is 13.0 Å². The highest BCUT2D eigenvalue weighted by molar-refractivity contribution is 5.95. The summed E-state index contributed by atoms with van der Waals surface area (Å²) in [5, 5.41) is 11.5. The van der Waals surface area contributed by atoms with E-state index in [0.717, 1.165) is 5.56 Å². The Labute approximate surface area is 158 Å². The summed E-state index contributed by atoms with van der Waals surface area (Å²) in [6.07, 6.45) is 0. The second-order valence-electron chi connectivity index (χ2n) is 6.03. The third-order valence-corrected chi connectivity index (χ3v) is 4.35. The van der Waals surface area contributed by atoms with Crippen LogP contribution in [-0.4, -0.2) is 49.7 Å². The fourth-order valence-electron chi connectivity index (χ4n) is 2.69. The van der Waals surface area contributed by atoms with Crippen LogP contribution in [0.25, 0.3) is 0 Å². The molecule has 2 rings (SSSR count). The van der Waals surface area contributed by atoms with Crippen molar-refractivity contribution >= 4 is 17.6 Å². The van der Waals surface area contributed by atoms with E-state index in [2.05, 4.69) is 5.32 Å². The third kappa shape index (κ3) is 4.91. The normalized spacial score (nSPS) is 11.4. The van der Waals surface area contributed by atoms with Crippen LogP contribution in [0.2, 0.25) is 0 Å². The molecule has 0 aromatic heterocycles. The SMILES string of the molecule is COc1ccc(C(C)N(C)C(=O)c2cccc(NCC(=O)O)c2)c(OC)c1. The van der Waals surface area contributed by atoms with E-state index >= 15 is 0 Å². The molecule has 27 heavy (non-hydrogen) atoms. The smallest absolute Gasteiger partial charge is 0.322 e. The van der Waals surface area contributed by atoms with E-state index in [1.54, 1.807) is 56.5 Å². The molecule has 1 unspecified atom stereocenters. The monoisotopic (exact) mass is 372 g/mol. The Kier molecular flexibility index (Phi) is 6.65. The number of carbonyl (C=O) groups is 2. The Bertz CT molecular complexity index is 822. The molecule has 1 atom stereocenters. The molecule has 0 aliphatic heterocycles. The van der Waals surface area contributed by atoms with E-state index in [-0.39, 0.29) is 18.5 Å². The topological polar surface area (TPSA) is 88.1 Å². The number of carbonyl (C=O) groups excluding carboxylic acids is 1. The molecule has 2 aromatic rings. The van der Waals surface area contributed by atoms with E-state index < -0.39 is 5.97 Å². The van der Waals surface area contributed by atoms with Gasteiger partial charge >= 0.3 is 5.97 Å². The molecule has 7 nitrogen and oxygen atoms in total. The maximum atomic E-state index is 12.9. The molecule has 0 aliphatic carbocycles. The Hall–Kier alpha value is -3.22. The number of hydrogen-bond acceptors (Lipinski definition) is 5. The number of carboxylic acids is 1. The van der Waals surface area contributed by atoms with Crippen molar-refractivity contribution < 1.29 is 24.2 Å². The predicted molar refractivity (Wildman–Crippen MR) is 103 cm³/mol. The minimum Gasteiger partial charge on any atom is -0.497 e. The van der Waals surface area contributed by atoms with Gasteiger partial charge in [0.05, 0.1) is 20.3 Å². The van der Waals surface area contributed by atoms with Gasteiger partial charge in [0.2, 0.25) is 0 Å². The van der Waals surface area contributed by atoms with Gasteiger partial charge in [-0.15, -0.1) is 0 Å². The van der Waals surface area contributed by atoms with Crippen LogP contribution in [0.3, 0.4) is 0 Å². The second kappa shape index (κ2) is 8.93. The number of nitrogens with zero attached hydrogens (tertiary/aromatic N) is 1. The zero-order chi connectivity index (χ0) is 20.0. The quantitative estimate of drug-likeness (QED) is 0.741. The zero-order valence-electron chi connectivity index (χ0n) is 15.9. The van der Waals surface area contributed by atoms with Crippen LogP contribution in [0.4, 0.5) is 5.69 Å². The Morgan fingerprint density at radius 1 is 1.15 bits per heavy atom. The van der Waals surface area contributed by atoms with Gasteiger partial charge in [0.25, 0.3) is 5.91 Å². The van der Waals surface area contributed by atoms with Gasteiger partial charge in [-0.2, -0.15) is 0 Å². The molecule has 0 saturated carbocycles. The second-order valence-corrected chi connectivity index (χ2v) is 6.03. The van der Waals surface area contributed by atoms with Crippen molar-refractivity contribution in [1.29, 1.82) is 0 Å². The highest BCUT2D eigenvalue weighted by Crippen LogP contribution is 2.32. The molecular formula is C20H24N2O5. The van der Waals surface area contributed by atoms with Crippen molar-refractivity contribution in [1.82, 2.24) is 4.90 Å². The molecule has 2 aromatic carbocycles. The number of benzene rings is 2.